The molecule has 4 N–H and O–H groups in total. The maximum absolute atomic E-state index is 12.4. The van der Waals surface area contributed by atoms with Crippen LogP contribution in [0.15, 0.2) is 24.3 Å². The first-order valence-electron chi connectivity index (χ1n) is 24.1. The average molecular weight is 762 g/mol. The van der Waals surface area contributed by atoms with Crippen molar-refractivity contribution in [2.45, 2.75) is 276 Å². The lowest BCUT2D eigenvalue weighted by Gasteiger charge is -2.26. The van der Waals surface area contributed by atoms with Gasteiger partial charge in [-0.2, -0.15) is 0 Å². The SMILES string of the molecule is CCCCCC/C=C/CCCC(O)C(O)C(CO)NC(=O)CCCCCCCCCCCCCCCCC/C=C\CCCCCCCCCCCCCC. The molecule has 0 aliphatic rings. The van der Waals surface area contributed by atoms with Crippen LogP contribution in [0.1, 0.15) is 258 Å². The van der Waals surface area contributed by atoms with Gasteiger partial charge in [0.05, 0.1) is 18.8 Å². The summed E-state index contributed by atoms with van der Waals surface area (Å²) in [5.74, 6) is -0.154. The third-order valence-electron chi connectivity index (χ3n) is 11.3. The molecule has 0 saturated heterocycles. The van der Waals surface area contributed by atoms with E-state index >= 15 is 0 Å². The molecule has 0 heterocycles. The number of carbonyl (C=O) groups is 1. The van der Waals surface area contributed by atoms with Gasteiger partial charge in [-0.3, -0.25) is 4.79 Å². The second-order valence-corrected chi connectivity index (χ2v) is 16.7. The fraction of sp³-hybridized carbons (Fsp3) is 0.898. The lowest BCUT2D eigenvalue weighted by molar-refractivity contribution is -0.124. The van der Waals surface area contributed by atoms with E-state index < -0.39 is 18.2 Å². The number of amides is 1. The van der Waals surface area contributed by atoms with Gasteiger partial charge in [-0.1, -0.05) is 212 Å². The van der Waals surface area contributed by atoms with Gasteiger partial charge < -0.3 is 20.6 Å². The molecule has 320 valence electrons. The Bertz CT molecular complexity index is 799. The molecule has 0 bridgehead atoms. The quantitative estimate of drug-likeness (QED) is 0.0368. The number of unbranched alkanes of at least 4 members (excludes halogenated alkanes) is 32. The van der Waals surface area contributed by atoms with E-state index in [1.807, 2.05) is 0 Å². The van der Waals surface area contributed by atoms with Crippen LogP contribution in [0.4, 0.5) is 0 Å². The van der Waals surface area contributed by atoms with E-state index in [-0.39, 0.29) is 12.5 Å². The van der Waals surface area contributed by atoms with Gasteiger partial charge in [-0.25, -0.2) is 0 Å². The van der Waals surface area contributed by atoms with Gasteiger partial charge in [-0.05, 0) is 64.2 Å². The second kappa shape index (κ2) is 44.5. The lowest BCUT2D eigenvalue weighted by atomic mass is 10.0. The first-order chi connectivity index (χ1) is 26.6. The van der Waals surface area contributed by atoms with Crippen molar-refractivity contribution in [2.24, 2.45) is 0 Å². The van der Waals surface area contributed by atoms with Gasteiger partial charge in [0.1, 0.15) is 6.10 Å². The fourth-order valence-corrected chi connectivity index (χ4v) is 7.51. The molecule has 0 spiro atoms. The largest absolute Gasteiger partial charge is 0.394 e. The summed E-state index contributed by atoms with van der Waals surface area (Å²) in [5, 5.41) is 33.3. The summed E-state index contributed by atoms with van der Waals surface area (Å²) in [7, 11) is 0. The molecule has 3 atom stereocenters. The van der Waals surface area contributed by atoms with Crippen LogP contribution in [0.2, 0.25) is 0 Å². The number of hydrogen-bond acceptors (Lipinski definition) is 4. The highest BCUT2D eigenvalue weighted by Crippen LogP contribution is 2.16. The summed E-state index contributed by atoms with van der Waals surface area (Å²) in [6.45, 7) is 4.14. The Morgan fingerprint density at radius 2 is 0.741 bits per heavy atom. The molecule has 54 heavy (non-hydrogen) atoms. The van der Waals surface area contributed by atoms with Crippen LogP contribution in [0.5, 0.6) is 0 Å². The van der Waals surface area contributed by atoms with Crippen LogP contribution < -0.4 is 5.32 Å². The number of aliphatic hydroxyl groups excluding tert-OH is 3. The molecule has 3 unspecified atom stereocenters. The second-order valence-electron chi connectivity index (χ2n) is 16.7. The lowest BCUT2D eigenvalue weighted by Crippen LogP contribution is -2.50. The molecule has 0 saturated carbocycles. The number of carbonyl (C=O) groups excluding carboxylic acids is 1. The Kier molecular flexibility index (Phi) is 43.6. The van der Waals surface area contributed by atoms with Crippen LogP contribution in [0.25, 0.3) is 0 Å². The van der Waals surface area contributed by atoms with Crippen molar-refractivity contribution in [3.05, 3.63) is 24.3 Å². The third-order valence-corrected chi connectivity index (χ3v) is 11.3. The molecule has 0 aromatic heterocycles. The zero-order valence-electron chi connectivity index (χ0n) is 36.4. The Hall–Kier alpha value is -1.17. The van der Waals surface area contributed by atoms with Gasteiger partial charge in [0.25, 0.3) is 0 Å². The highest BCUT2D eigenvalue weighted by atomic mass is 16.3. The topological polar surface area (TPSA) is 89.8 Å². The molecule has 0 fully saturated rings. The molecular formula is C49H95NO4. The summed E-state index contributed by atoms with van der Waals surface area (Å²) in [6, 6.07) is -0.822. The molecule has 1 amide bonds. The van der Waals surface area contributed by atoms with E-state index in [0.717, 1.165) is 38.5 Å². The van der Waals surface area contributed by atoms with Crippen molar-refractivity contribution in [3.8, 4) is 0 Å². The summed E-state index contributed by atoms with van der Waals surface area (Å²) < 4.78 is 0. The van der Waals surface area contributed by atoms with Crippen molar-refractivity contribution in [1.29, 1.82) is 0 Å². The Morgan fingerprint density at radius 3 is 1.09 bits per heavy atom. The first-order valence-corrected chi connectivity index (χ1v) is 24.1. The molecular weight excluding hydrogens is 667 g/mol. The maximum Gasteiger partial charge on any atom is 0.220 e. The van der Waals surface area contributed by atoms with Crippen LogP contribution >= 0.6 is 0 Å². The fourth-order valence-electron chi connectivity index (χ4n) is 7.51. The molecule has 5 heteroatoms. The zero-order chi connectivity index (χ0) is 39.4. The smallest absolute Gasteiger partial charge is 0.220 e. The van der Waals surface area contributed by atoms with Crippen LogP contribution in [0, 0.1) is 0 Å². The number of hydrogen-bond donors (Lipinski definition) is 4. The normalized spacial score (nSPS) is 13.6. The molecule has 0 aromatic carbocycles. The monoisotopic (exact) mass is 762 g/mol. The minimum absolute atomic E-state index is 0.154. The van der Waals surface area contributed by atoms with E-state index in [2.05, 4.69) is 43.5 Å². The number of allylic oxidation sites excluding steroid dienone is 4. The summed E-state index contributed by atoms with van der Waals surface area (Å²) in [4.78, 5) is 12.4. The van der Waals surface area contributed by atoms with Gasteiger partial charge >= 0.3 is 0 Å². The Balaban J connectivity index is 3.47. The van der Waals surface area contributed by atoms with Gasteiger partial charge in [-0.15, -0.1) is 0 Å². The first kappa shape index (κ1) is 52.8. The van der Waals surface area contributed by atoms with Gasteiger partial charge in [0.15, 0.2) is 0 Å². The summed E-state index contributed by atoms with van der Waals surface area (Å²) in [5.41, 5.74) is 0. The predicted molar refractivity (Wildman–Crippen MR) is 236 cm³/mol. The zero-order valence-corrected chi connectivity index (χ0v) is 36.4. The summed E-state index contributed by atoms with van der Waals surface area (Å²) in [6.07, 6.45) is 54.8. The predicted octanol–water partition coefficient (Wildman–Crippen LogP) is 14.2. The molecule has 0 radical (unpaired) electrons. The number of aliphatic hydroxyl groups is 3. The van der Waals surface area contributed by atoms with Crippen LogP contribution in [-0.2, 0) is 4.79 Å². The van der Waals surface area contributed by atoms with Crippen molar-refractivity contribution < 1.29 is 20.1 Å². The van der Waals surface area contributed by atoms with E-state index in [0.29, 0.717) is 12.8 Å². The van der Waals surface area contributed by atoms with Crippen molar-refractivity contribution in [1.82, 2.24) is 5.32 Å². The van der Waals surface area contributed by atoms with Gasteiger partial charge in [0, 0.05) is 6.42 Å². The van der Waals surface area contributed by atoms with Crippen LogP contribution in [0.3, 0.4) is 0 Å². The number of nitrogens with one attached hydrogen (secondary N) is 1. The highest BCUT2D eigenvalue weighted by molar-refractivity contribution is 5.76. The minimum atomic E-state index is -1.15. The molecule has 0 aromatic rings. The molecule has 5 nitrogen and oxygen atoms in total. The highest BCUT2D eigenvalue weighted by Gasteiger charge is 2.26. The van der Waals surface area contributed by atoms with E-state index in [1.165, 1.54) is 193 Å². The van der Waals surface area contributed by atoms with E-state index in [4.69, 9.17) is 0 Å². The van der Waals surface area contributed by atoms with Crippen molar-refractivity contribution in [2.75, 3.05) is 6.61 Å². The maximum atomic E-state index is 12.4. The standard InChI is InChI=1S/C49H95NO4/c1-3-5-7-9-11-13-14-15-16-17-18-19-20-21-22-23-24-25-26-27-28-29-30-31-32-33-34-36-38-40-42-44-48(53)50-46(45-51)49(54)47(52)43-41-39-37-35-12-10-8-6-4-2/h21-22,35,37,46-47,49,51-52,54H,3-20,23-34,36,38-45H2,1-2H3,(H,50,53)/b22-21-,37-35+. The van der Waals surface area contributed by atoms with Gasteiger partial charge in [0.2, 0.25) is 5.91 Å². The van der Waals surface area contributed by atoms with Crippen molar-refractivity contribution in [3.63, 3.8) is 0 Å². The summed E-state index contributed by atoms with van der Waals surface area (Å²) >= 11 is 0. The minimum Gasteiger partial charge on any atom is -0.394 e. The number of rotatable bonds is 44. The van der Waals surface area contributed by atoms with Crippen molar-refractivity contribution >= 4 is 5.91 Å². The molecule has 0 aliphatic carbocycles. The molecule has 0 rings (SSSR count). The average Bonchev–Trinajstić information content (AvgIpc) is 3.18. The Labute approximate surface area is 337 Å². The molecule has 0 aliphatic heterocycles. The van der Waals surface area contributed by atoms with E-state index in [9.17, 15) is 20.1 Å². The van der Waals surface area contributed by atoms with E-state index in [1.54, 1.807) is 0 Å². The Morgan fingerprint density at radius 1 is 0.444 bits per heavy atom. The third kappa shape index (κ3) is 39.1. The van der Waals surface area contributed by atoms with Crippen LogP contribution in [-0.4, -0.2) is 46.1 Å².